The third kappa shape index (κ3) is 6.37. The first-order valence-corrected chi connectivity index (χ1v) is 11.0. The van der Waals surface area contributed by atoms with Gasteiger partial charge in [0.15, 0.2) is 5.78 Å². The van der Waals surface area contributed by atoms with Crippen LogP contribution in [0.4, 0.5) is 0 Å². The van der Waals surface area contributed by atoms with E-state index in [1.54, 1.807) is 0 Å². The van der Waals surface area contributed by atoms with Gasteiger partial charge in [-0.25, -0.2) is 0 Å². The number of benzene rings is 2. The Hall–Kier alpha value is -1.29. The number of carbonyl (C=O) groups is 1. The SMILES string of the molecule is CC(C)Sc1ccc(C(=O)C(C)NC2CCC(c3ccccc3)CC2)cc1.Cl. The van der Waals surface area contributed by atoms with E-state index in [-0.39, 0.29) is 24.2 Å². The second-order valence-electron chi connectivity index (χ2n) is 7.90. The van der Waals surface area contributed by atoms with Crippen LogP contribution >= 0.6 is 24.2 Å². The van der Waals surface area contributed by atoms with Crippen molar-refractivity contribution in [1.29, 1.82) is 0 Å². The smallest absolute Gasteiger partial charge is 0.179 e. The summed E-state index contributed by atoms with van der Waals surface area (Å²) in [7, 11) is 0. The molecule has 3 rings (SSSR count). The van der Waals surface area contributed by atoms with Crippen LogP contribution in [0.3, 0.4) is 0 Å². The van der Waals surface area contributed by atoms with Crippen LogP contribution in [0, 0.1) is 0 Å². The Morgan fingerprint density at radius 2 is 1.54 bits per heavy atom. The average molecular weight is 418 g/mol. The second kappa shape index (κ2) is 11.0. The second-order valence-corrected chi connectivity index (χ2v) is 9.55. The van der Waals surface area contributed by atoms with E-state index in [0.29, 0.717) is 17.2 Å². The van der Waals surface area contributed by atoms with Gasteiger partial charge < -0.3 is 5.32 Å². The van der Waals surface area contributed by atoms with Crippen LogP contribution in [0.15, 0.2) is 59.5 Å². The van der Waals surface area contributed by atoms with E-state index in [0.717, 1.165) is 18.4 Å². The molecule has 1 fully saturated rings. The minimum Gasteiger partial charge on any atom is -0.305 e. The minimum absolute atomic E-state index is 0. The van der Waals surface area contributed by atoms with Crippen molar-refractivity contribution in [2.75, 3.05) is 0 Å². The van der Waals surface area contributed by atoms with Crippen LogP contribution in [0.5, 0.6) is 0 Å². The number of rotatable bonds is 7. The maximum absolute atomic E-state index is 12.8. The van der Waals surface area contributed by atoms with Crippen molar-refractivity contribution in [3.05, 3.63) is 65.7 Å². The molecular weight excluding hydrogens is 386 g/mol. The molecule has 152 valence electrons. The molecule has 0 aromatic heterocycles. The molecule has 0 radical (unpaired) electrons. The van der Waals surface area contributed by atoms with Crippen LogP contribution < -0.4 is 5.32 Å². The molecule has 2 aromatic rings. The van der Waals surface area contributed by atoms with Gasteiger partial charge in [0.25, 0.3) is 0 Å². The maximum Gasteiger partial charge on any atom is 0.179 e. The lowest BCUT2D eigenvalue weighted by molar-refractivity contribution is 0.0939. The fraction of sp³-hybridized carbons (Fsp3) is 0.458. The van der Waals surface area contributed by atoms with Gasteiger partial charge >= 0.3 is 0 Å². The quantitative estimate of drug-likeness (QED) is 0.412. The lowest BCUT2D eigenvalue weighted by Crippen LogP contribution is -2.43. The fourth-order valence-corrected chi connectivity index (χ4v) is 4.81. The summed E-state index contributed by atoms with van der Waals surface area (Å²) in [5.41, 5.74) is 2.26. The predicted molar refractivity (Wildman–Crippen MR) is 123 cm³/mol. The van der Waals surface area contributed by atoms with Crippen molar-refractivity contribution in [1.82, 2.24) is 5.32 Å². The lowest BCUT2D eigenvalue weighted by Gasteiger charge is -2.31. The highest BCUT2D eigenvalue weighted by Crippen LogP contribution is 2.33. The summed E-state index contributed by atoms with van der Waals surface area (Å²) in [6.45, 7) is 6.37. The fourth-order valence-electron chi connectivity index (χ4n) is 3.97. The van der Waals surface area contributed by atoms with Crippen LogP contribution in [-0.4, -0.2) is 23.1 Å². The molecular formula is C24H32ClNOS. The minimum atomic E-state index is -0.133. The number of carbonyl (C=O) groups excluding carboxylic acids is 1. The molecule has 2 aromatic carbocycles. The number of ketones is 1. The summed E-state index contributed by atoms with van der Waals surface area (Å²) in [6.07, 6.45) is 4.68. The summed E-state index contributed by atoms with van der Waals surface area (Å²) in [5, 5.41) is 4.14. The van der Waals surface area contributed by atoms with E-state index in [1.165, 1.54) is 23.3 Å². The number of nitrogens with one attached hydrogen (secondary N) is 1. The number of hydrogen-bond donors (Lipinski definition) is 1. The van der Waals surface area contributed by atoms with Crippen molar-refractivity contribution < 1.29 is 4.79 Å². The van der Waals surface area contributed by atoms with Gasteiger partial charge in [-0.05, 0) is 56.2 Å². The summed E-state index contributed by atoms with van der Waals surface area (Å²) >= 11 is 1.83. The Labute approximate surface area is 180 Å². The molecule has 1 N–H and O–H groups in total. The molecule has 1 unspecified atom stereocenters. The monoisotopic (exact) mass is 417 g/mol. The molecule has 0 heterocycles. The molecule has 1 aliphatic rings. The maximum atomic E-state index is 12.8. The van der Waals surface area contributed by atoms with Crippen LogP contribution in [0.25, 0.3) is 0 Å². The van der Waals surface area contributed by atoms with Crippen molar-refractivity contribution in [2.45, 2.75) is 74.6 Å². The highest BCUT2D eigenvalue weighted by molar-refractivity contribution is 7.99. The molecule has 28 heavy (non-hydrogen) atoms. The molecule has 1 aliphatic carbocycles. The molecule has 1 saturated carbocycles. The van der Waals surface area contributed by atoms with Crippen molar-refractivity contribution in [3.8, 4) is 0 Å². The molecule has 0 spiro atoms. The summed E-state index contributed by atoms with van der Waals surface area (Å²) in [5.74, 6) is 0.863. The Morgan fingerprint density at radius 3 is 2.11 bits per heavy atom. The first-order valence-electron chi connectivity index (χ1n) is 10.1. The Morgan fingerprint density at radius 1 is 0.929 bits per heavy atom. The van der Waals surface area contributed by atoms with Gasteiger partial charge in [-0.1, -0.05) is 56.3 Å². The van der Waals surface area contributed by atoms with Crippen LogP contribution in [0.2, 0.25) is 0 Å². The van der Waals surface area contributed by atoms with Gasteiger partial charge in [-0.2, -0.15) is 0 Å². The average Bonchev–Trinajstić information content (AvgIpc) is 2.69. The van der Waals surface area contributed by atoms with Gasteiger partial charge in [0.1, 0.15) is 0 Å². The topological polar surface area (TPSA) is 29.1 Å². The van der Waals surface area contributed by atoms with Crippen molar-refractivity contribution in [2.24, 2.45) is 0 Å². The Bertz CT molecular complexity index is 724. The van der Waals surface area contributed by atoms with Crippen LogP contribution in [0.1, 0.15) is 68.3 Å². The first-order chi connectivity index (χ1) is 13.0. The summed E-state index contributed by atoms with van der Waals surface area (Å²) < 4.78 is 0. The van der Waals surface area contributed by atoms with E-state index < -0.39 is 0 Å². The van der Waals surface area contributed by atoms with Gasteiger partial charge in [0, 0.05) is 21.8 Å². The van der Waals surface area contributed by atoms with E-state index in [4.69, 9.17) is 0 Å². The Balaban J connectivity index is 0.00000280. The van der Waals surface area contributed by atoms with Gasteiger partial charge in [-0.3, -0.25) is 4.79 Å². The highest BCUT2D eigenvalue weighted by Gasteiger charge is 2.25. The number of thioether (sulfide) groups is 1. The zero-order valence-corrected chi connectivity index (χ0v) is 18.7. The zero-order chi connectivity index (χ0) is 19.2. The number of Topliss-reactive ketones (excluding diaryl/α,β-unsaturated/α-hetero) is 1. The lowest BCUT2D eigenvalue weighted by atomic mass is 9.81. The molecule has 0 amide bonds. The third-order valence-corrected chi connectivity index (χ3v) is 6.40. The van der Waals surface area contributed by atoms with E-state index in [2.05, 4.69) is 61.6 Å². The molecule has 0 bridgehead atoms. The van der Waals surface area contributed by atoms with Gasteiger partial charge in [0.05, 0.1) is 6.04 Å². The molecule has 1 atom stereocenters. The van der Waals surface area contributed by atoms with Crippen molar-refractivity contribution in [3.63, 3.8) is 0 Å². The molecule has 2 nitrogen and oxygen atoms in total. The summed E-state index contributed by atoms with van der Waals surface area (Å²) in [4.78, 5) is 14.0. The summed E-state index contributed by atoms with van der Waals surface area (Å²) in [6, 6.07) is 19.2. The van der Waals surface area contributed by atoms with E-state index in [9.17, 15) is 4.79 Å². The Kier molecular flexibility index (Phi) is 9.07. The highest BCUT2D eigenvalue weighted by atomic mass is 35.5. The van der Waals surface area contributed by atoms with Gasteiger partial charge in [-0.15, -0.1) is 24.2 Å². The molecule has 4 heteroatoms. The first kappa shape index (κ1) is 23.0. The van der Waals surface area contributed by atoms with E-state index >= 15 is 0 Å². The molecule has 0 aliphatic heterocycles. The normalized spacial score (nSPS) is 20.4. The zero-order valence-electron chi connectivity index (χ0n) is 17.1. The third-order valence-electron chi connectivity index (χ3n) is 5.39. The largest absolute Gasteiger partial charge is 0.305 e. The number of halogens is 1. The van der Waals surface area contributed by atoms with Gasteiger partial charge in [0.2, 0.25) is 0 Å². The van der Waals surface area contributed by atoms with Crippen LogP contribution in [-0.2, 0) is 0 Å². The standard InChI is InChI=1S/C24H31NOS.ClH/c1-17(2)27-23-15-11-21(12-16-23)24(26)18(3)25-22-13-9-20(10-14-22)19-7-5-4-6-8-19;/h4-8,11-12,15-18,20,22,25H,9-10,13-14H2,1-3H3;1H. The van der Waals surface area contributed by atoms with Crippen molar-refractivity contribution >= 4 is 30.0 Å². The predicted octanol–water partition coefficient (Wildman–Crippen LogP) is 6.50. The number of hydrogen-bond acceptors (Lipinski definition) is 3. The van der Waals surface area contributed by atoms with E-state index in [1.807, 2.05) is 30.8 Å². The molecule has 0 saturated heterocycles.